The Morgan fingerprint density at radius 2 is 2.21 bits per heavy atom. The highest BCUT2D eigenvalue weighted by molar-refractivity contribution is 5.25. The van der Waals surface area contributed by atoms with Crippen molar-refractivity contribution in [3.05, 3.63) is 11.9 Å². The Morgan fingerprint density at radius 3 is 2.84 bits per heavy atom. The molecule has 5 nitrogen and oxygen atoms in total. The zero-order valence-electron chi connectivity index (χ0n) is 12.6. The van der Waals surface area contributed by atoms with Crippen LogP contribution in [0.15, 0.2) is 6.20 Å². The molecule has 0 aliphatic rings. The maximum Gasteiger partial charge on any atom is 0.159 e. The Morgan fingerprint density at radius 1 is 1.42 bits per heavy atom. The van der Waals surface area contributed by atoms with Crippen LogP contribution in [-0.2, 0) is 17.7 Å². The Hall–Kier alpha value is -1.07. The first kappa shape index (κ1) is 16.0. The molecule has 1 aromatic rings. The lowest BCUT2D eigenvalue weighted by atomic mass is 10.1. The summed E-state index contributed by atoms with van der Waals surface area (Å²) in [6.07, 6.45) is 3.87. The summed E-state index contributed by atoms with van der Waals surface area (Å²) in [5.74, 6) is 1.44. The molecule has 1 aromatic heterocycles. The van der Waals surface area contributed by atoms with Gasteiger partial charge in [0.1, 0.15) is 0 Å². The van der Waals surface area contributed by atoms with Crippen LogP contribution in [0.4, 0.5) is 0 Å². The number of aryl methyl sites for hydroxylation is 1. The van der Waals surface area contributed by atoms with Gasteiger partial charge in [-0.05, 0) is 25.3 Å². The average Bonchev–Trinajstić information content (AvgIpc) is 2.78. The van der Waals surface area contributed by atoms with Crippen molar-refractivity contribution < 1.29 is 9.47 Å². The molecule has 0 radical (unpaired) electrons. The predicted molar refractivity (Wildman–Crippen MR) is 76.7 cm³/mol. The molecule has 1 unspecified atom stereocenters. The van der Waals surface area contributed by atoms with E-state index in [2.05, 4.69) is 28.9 Å². The minimum atomic E-state index is 0.540. The summed E-state index contributed by atoms with van der Waals surface area (Å²) in [5, 5.41) is 7.78. The van der Waals surface area contributed by atoms with Gasteiger partial charge in [0.25, 0.3) is 0 Å². The fourth-order valence-corrected chi connectivity index (χ4v) is 2.10. The number of hydrogen-bond acceptors (Lipinski definition) is 4. The number of hydrogen-bond donors (Lipinski definition) is 1. The van der Waals surface area contributed by atoms with Gasteiger partial charge in [-0.25, -0.2) is 0 Å². The van der Waals surface area contributed by atoms with Crippen LogP contribution in [0.25, 0.3) is 0 Å². The fourth-order valence-electron chi connectivity index (χ4n) is 2.10. The van der Waals surface area contributed by atoms with Crippen LogP contribution in [0.2, 0.25) is 0 Å². The largest absolute Gasteiger partial charge is 0.493 e. The lowest BCUT2D eigenvalue weighted by Gasteiger charge is -2.15. The van der Waals surface area contributed by atoms with Crippen molar-refractivity contribution in [1.29, 1.82) is 0 Å². The quantitative estimate of drug-likeness (QED) is 0.657. The van der Waals surface area contributed by atoms with Gasteiger partial charge in [0.15, 0.2) is 5.75 Å². The summed E-state index contributed by atoms with van der Waals surface area (Å²) in [6, 6.07) is 0. The average molecular weight is 269 g/mol. The van der Waals surface area contributed by atoms with E-state index in [0.717, 1.165) is 44.8 Å². The molecule has 5 heteroatoms. The van der Waals surface area contributed by atoms with Gasteiger partial charge in [0, 0.05) is 20.2 Å². The van der Waals surface area contributed by atoms with Crippen molar-refractivity contribution in [2.45, 2.75) is 33.2 Å². The molecule has 1 N–H and O–H groups in total. The first-order valence-corrected chi connectivity index (χ1v) is 7.01. The van der Waals surface area contributed by atoms with E-state index in [9.17, 15) is 0 Å². The van der Waals surface area contributed by atoms with E-state index in [4.69, 9.17) is 9.47 Å². The number of nitrogens with one attached hydrogen (secondary N) is 1. The monoisotopic (exact) mass is 269 g/mol. The lowest BCUT2D eigenvalue weighted by molar-refractivity contribution is 0.198. The van der Waals surface area contributed by atoms with Crippen LogP contribution < -0.4 is 10.1 Å². The van der Waals surface area contributed by atoms with Crippen LogP contribution in [0.1, 0.15) is 26.0 Å². The molecule has 0 amide bonds. The van der Waals surface area contributed by atoms with Gasteiger partial charge < -0.3 is 14.8 Å². The second kappa shape index (κ2) is 8.93. The minimum absolute atomic E-state index is 0.540. The van der Waals surface area contributed by atoms with Crippen molar-refractivity contribution in [2.75, 3.05) is 33.9 Å². The Labute approximate surface area is 116 Å². The summed E-state index contributed by atoms with van der Waals surface area (Å²) < 4.78 is 12.5. The van der Waals surface area contributed by atoms with E-state index in [1.807, 2.05) is 6.20 Å². The van der Waals surface area contributed by atoms with E-state index in [1.54, 1.807) is 14.2 Å². The van der Waals surface area contributed by atoms with Crippen molar-refractivity contribution in [2.24, 2.45) is 5.92 Å². The summed E-state index contributed by atoms with van der Waals surface area (Å²) in [6.45, 7) is 7.97. The third-order valence-corrected chi connectivity index (χ3v) is 3.08. The standard InChI is InChI=1S/C14H27N3O2/c1-5-7-17-13(14(19-4)11-16-17)9-12(2)10-15-6-8-18-3/h11-12,15H,5-10H2,1-4H3. The lowest BCUT2D eigenvalue weighted by Crippen LogP contribution is -2.26. The highest BCUT2D eigenvalue weighted by atomic mass is 16.5. The van der Waals surface area contributed by atoms with Gasteiger partial charge in [-0.2, -0.15) is 5.10 Å². The number of nitrogens with zero attached hydrogens (tertiary/aromatic N) is 2. The number of methoxy groups -OCH3 is 2. The maximum absolute atomic E-state index is 5.39. The van der Waals surface area contributed by atoms with E-state index in [1.165, 1.54) is 5.69 Å². The van der Waals surface area contributed by atoms with E-state index in [-0.39, 0.29) is 0 Å². The van der Waals surface area contributed by atoms with Crippen LogP contribution >= 0.6 is 0 Å². The summed E-state index contributed by atoms with van der Waals surface area (Å²) in [5.41, 5.74) is 1.20. The molecule has 110 valence electrons. The van der Waals surface area contributed by atoms with Gasteiger partial charge in [-0.15, -0.1) is 0 Å². The van der Waals surface area contributed by atoms with Crippen molar-refractivity contribution in [3.63, 3.8) is 0 Å². The molecule has 1 atom stereocenters. The molecular formula is C14H27N3O2. The number of rotatable bonds is 10. The Balaban J connectivity index is 2.51. The molecule has 1 heterocycles. The number of aromatic nitrogens is 2. The van der Waals surface area contributed by atoms with E-state index in [0.29, 0.717) is 5.92 Å². The molecular weight excluding hydrogens is 242 g/mol. The third-order valence-electron chi connectivity index (χ3n) is 3.08. The molecule has 0 saturated heterocycles. The van der Waals surface area contributed by atoms with E-state index >= 15 is 0 Å². The molecule has 0 bridgehead atoms. The Bertz CT molecular complexity index is 352. The normalized spacial score (nSPS) is 12.6. The first-order chi connectivity index (χ1) is 9.22. The first-order valence-electron chi connectivity index (χ1n) is 7.01. The molecule has 0 aromatic carbocycles. The summed E-state index contributed by atoms with van der Waals surface area (Å²) in [4.78, 5) is 0. The van der Waals surface area contributed by atoms with Crippen molar-refractivity contribution >= 4 is 0 Å². The minimum Gasteiger partial charge on any atom is -0.493 e. The van der Waals surface area contributed by atoms with Gasteiger partial charge in [-0.1, -0.05) is 13.8 Å². The molecule has 19 heavy (non-hydrogen) atoms. The number of ether oxygens (including phenoxy) is 2. The van der Waals surface area contributed by atoms with Crippen molar-refractivity contribution in [3.8, 4) is 5.75 Å². The van der Waals surface area contributed by atoms with Crippen molar-refractivity contribution in [1.82, 2.24) is 15.1 Å². The van der Waals surface area contributed by atoms with Gasteiger partial charge in [-0.3, -0.25) is 4.68 Å². The summed E-state index contributed by atoms with van der Waals surface area (Å²) in [7, 11) is 3.43. The predicted octanol–water partition coefficient (Wildman–Crippen LogP) is 1.72. The van der Waals surface area contributed by atoms with Crippen LogP contribution in [0.5, 0.6) is 5.75 Å². The third kappa shape index (κ3) is 5.20. The highest BCUT2D eigenvalue weighted by Gasteiger charge is 2.14. The SMILES string of the molecule is CCCn1ncc(OC)c1CC(C)CNCCOC. The van der Waals surface area contributed by atoms with Crippen LogP contribution in [-0.4, -0.2) is 43.7 Å². The van der Waals surface area contributed by atoms with E-state index < -0.39 is 0 Å². The second-order valence-corrected chi connectivity index (χ2v) is 4.89. The molecule has 1 rings (SSSR count). The van der Waals surface area contributed by atoms with Crippen LogP contribution in [0, 0.1) is 5.92 Å². The van der Waals surface area contributed by atoms with Gasteiger partial charge >= 0.3 is 0 Å². The molecule has 0 aliphatic carbocycles. The highest BCUT2D eigenvalue weighted by Crippen LogP contribution is 2.21. The fraction of sp³-hybridized carbons (Fsp3) is 0.786. The summed E-state index contributed by atoms with van der Waals surface area (Å²) >= 11 is 0. The molecule has 0 fully saturated rings. The van der Waals surface area contributed by atoms with Crippen LogP contribution in [0.3, 0.4) is 0 Å². The van der Waals surface area contributed by atoms with Gasteiger partial charge in [0.2, 0.25) is 0 Å². The Kier molecular flexibility index (Phi) is 7.52. The maximum atomic E-state index is 5.39. The smallest absolute Gasteiger partial charge is 0.159 e. The zero-order valence-corrected chi connectivity index (χ0v) is 12.6. The second-order valence-electron chi connectivity index (χ2n) is 4.89. The zero-order chi connectivity index (χ0) is 14.1. The topological polar surface area (TPSA) is 48.3 Å². The molecule has 0 spiro atoms. The molecule has 0 saturated carbocycles. The van der Waals surface area contributed by atoms with Gasteiger partial charge in [0.05, 0.1) is 25.6 Å². The molecule has 0 aliphatic heterocycles.